The molecule has 3 rings (SSSR count). The lowest BCUT2D eigenvalue weighted by Crippen LogP contribution is -2.15. The number of anilines is 1. The predicted molar refractivity (Wildman–Crippen MR) is 110 cm³/mol. The van der Waals surface area contributed by atoms with Gasteiger partial charge in [0, 0.05) is 17.9 Å². The van der Waals surface area contributed by atoms with Gasteiger partial charge in [-0.1, -0.05) is 23.8 Å². The molecule has 140 valence electrons. The standard InChI is InChI=1S/C22H26N4O/c1-15-6-8-20(9-7-15)26-17(3)12-21(24-26)22(27)23-19-11-16(2)10-18(13-19)14-25(4)5/h6-13H,14H2,1-5H3,(H,23,27). The van der Waals surface area contributed by atoms with Crippen LogP contribution in [0.1, 0.15) is 32.9 Å². The minimum absolute atomic E-state index is 0.203. The zero-order chi connectivity index (χ0) is 19.6. The normalized spacial score (nSPS) is 11.0. The Labute approximate surface area is 160 Å². The van der Waals surface area contributed by atoms with Crippen LogP contribution >= 0.6 is 0 Å². The molecule has 5 nitrogen and oxygen atoms in total. The molecule has 0 saturated carbocycles. The molecule has 5 heteroatoms. The highest BCUT2D eigenvalue weighted by Crippen LogP contribution is 2.18. The topological polar surface area (TPSA) is 50.2 Å². The second kappa shape index (κ2) is 7.76. The molecule has 27 heavy (non-hydrogen) atoms. The first-order valence-electron chi connectivity index (χ1n) is 9.02. The Morgan fingerprint density at radius 2 is 1.70 bits per heavy atom. The third-order valence-corrected chi connectivity index (χ3v) is 4.29. The lowest BCUT2D eigenvalue weighted by molar-refractivity contribution is 0.102. The number of hydrogen-bond acceptors (Lipinski definition) is 3. The van der Waals surface area contributed by atoms with Crippen molar-refractivity contribution in [1.82, 2.24) is 14.7 Å². The van der Waals surface area contributed by atoms with Crippen LogP contribution in [0.25, 0.3) is 5.69 Å². The monoisotopic (exact) mass is 362 g/mol. The molecule has 0 aliphatic carbocycles. The Hall–Kier alpha value is -2.92. The van der Waals surface area contributed by atoms with Gasteiger partial charge >= 0.3 is 0 Å². The minimum Gasteiger partial charge on any atom is -0.321 e. The number of nitrogens with zero attached hydrogens (tertiary/aromatic N) is 3. The second-order valence-corrected chi connectivity index (χ2v) is 7.32. The van der Waals surface area contributed by atoms with Crippen LogP contribution in [0.5, 0.6) is 0 Å². The van der Waals surface area contributed by atoms with Crippen molar-refractivity contribution in [2.24, 2.45) is 0 Å². The summed E-state index contributed by atoms with van der Waals surface area (Å²) in [7, 11) is 4.06. The van der Waals surface area contributed by atoms with Crippen LogP contribution in [-0.2, 0) is 6.54 Å². The lowest BCUT2D eigenvalue weighted by atomic mass is 10.1. The largest absolute Gasteiger partial charge is 0.321 e. The SMILES string of the molecule is Cc1ccc(-n2nc(C(=O)Nc3cc(C)cc(CN(C)C)c3)cc2C)cc1. The summed E-state index contributed by atoms with van der Waals surface area (Å²) in [6, 6.07) is 16.0. The summed E-state index contributed by atoms with van der Waals surface area (Å²) in [5.41, 5.74) is 6.53. The summed E-state index contributed by atoms with van der Waals surface area (Å²) in [4.78, 5) is 14.8. The zero-order valence-electron chi connectivity index (χ0n) is 16.6. The molecule has 1 amide bonds. The number of rotatable bonds is 5. The third-order valence-electron chi connectivity index (χ3n) is 4.29. The van der Waals surface area contributed by atoms with E-state index in [2.05, 4.69) is 21.4 Å². The van der Waals surface area contributed by atoms with Crippen LogP contribution < -0.4 is 5.32 Å². The number of hydrogen-bond donors (Lipinski definition) is 1. The van der Waals surface area contributed by atoms with E-state index in [9.17, 15) is 4.79 Å². The van der Waals surface area contributed by atoms with E-state index >= 15 is 0 Å². The van der Waals surface area contributed by atoms with Crippen molar-refractivity contribution in [3.05, 3.63) is 76.6 Å². The Bertz CT molecular complexity index is 955. The number of nitrogens with one attached hydrogen (secondary N) is 1. The average Bonchev–Trinajstić information content (AvgIpc) is 2.96. The first-order valence-corrected chi connectivity index (χ1v) is 9.02. The van der Waals surface area contributed by atoms with Crippen molar-refractivity contribution < 1.29 is 4.79 Å². The van der Waals surface area contributed by atoms with Crippen LogP contribution in [-0.4, -0.2) is 34.7 Å². The van der Waals surface area contributed by atoms with E-state index in [0.717, 1.165) is 34.7 Å². The fourth-order valence-electron chi connectivity index (χ4n) is 3.12. The maximum atomic E-state index is 12.7. The van der Waals surface area contributed by atoms with E-state index < -0.39 is 0 Å². The van der Waals surface area contributed by atoms with Crippen molar-refractivity contribution in [2.45, 2.75) is 27.3 Å². The van der Waals surface area contributed by atoms with Gasteiger partial charge in [-0.15, -0.1) is 0 Å². The van der Waals surface area contributed by atoms with Crippen molar-refractivity contribution >= 4 is 11.6 Å². The zero-order valence-corrected chi connectivity index (χ0v) is 16.6. The highest BCUT2D eigenvalue weighted by Gasteiger charge is 2.14. The van der Waals surface area contributed by atoms with Gasteiger partial charge in [0.25, 0.3) is 5.91 Å². The summed E-state index contributed by atoms with van der Waals surface area (Å²) < 4.78 is 1.79. The molecule has 0 fully saturated rings. The summed E-state index contributed by atoms with van der Waals surface area (Å²) in [5, 5.41) is 7.48. The van der Waals surface area contributed by atoms with Gasteiger partial charge < -0.3 is 10.2 Å². The highest BCUT2D eigenvalue weighted by atomic mass is 16.1. The van der Waals surface area contributed by atoms with Crippen LogP contribution in [0.3, 0.4) is 0 Å². The molecule has 1 N–H and O–H groups in total. The Kier molecular flexibility index (Phi) is 5.42. The molecule has 0 atom stereocenters. The fraction of sp³-hybridized carbons (Fsp3) is 0.273. The van der Waals surface area contributed by atoms with Gasteiger partial charge in [0.05, 0.1) is 5.69 Å². The number of aromatic nitrogens is 2. The van der Waals surface area contributed by atoms with Crippen LogP contribution in [0.4, 0.5) is 5.69 Å². The Morgan fingerprint density at radius 3 is 2.37 bits per heavy atom. The number of carbonyl (C=O) groups is 1. The van der Waals surface area contributed by atoms with Crippen LogP contribution in [0, 0.1) is 20.8 Å². The molecular formula is C22H26N4O. The molecule has 0 unspecified atom stereocenters. The average molecular weight is 362 g/mol. The van der Waals surface area contributed by atoms with E-state index in [4.69, 9.17) is 0 Å². The summed E-state index contributed by atoms with van der Waals surface area (Å²) in [6.07, 6.45) is 0. The van der Waals surface area contributed by atoms with Crippen molar-refractivity contribution in [3.63, 3.8) is 0 Å². The van der Waals surface area contributed by atoms with E-state index in [1.54, 1.807) is 4.68 Å². The van der Waals surface area contributed by atoms with Gasteiger partial charge in [0.1, 0.15) is 0 Å². The number of carbonyl (C=O) groups excluding carboxylic acids is 1. The second-order valence-electron chi connectivity index (χ2n) is 7.32. The number of benzene rings is 2. The first-order chi connectivity index (χ1) is 12.8. The van der Waals surface area contributed by atoms with Gasteiger partial charge in [0.15, 0.2) is 5.69 Å². The first kappa shape index (κ1) is 18.9. The number of aryl methyl sites for hydroxylation is 3. The van der Waals surface area contributed by atoms with Gasteiger partial charge in [-0.25, -0.2) is 4.68 Å². The van der Waals surface area contributed by atoms with E-state index in [-0.39, 0.29) is 5.91 Å². The molecule has 1 aromatic heterocycles. The molecule has 0 aliphatic heterocycles. The Morgan fingerprint density at radius 1 is 1.00 bits per heavy atom. The molecule has 0 radical (unpaired) electrons. The third kappa shape index (κ3) is 4.63. The van der Waals surface area contributed by atoms with Gasteiger partial charge in [0.2, 0.25) is 0 Å². The minimum atomic E-state index is -0.203. The quantitative estimate of drug-likeness (QED) is 0.743. The van der Waals surface area contributed by atoms with E-state index in [0.29, 0.717) is 5.69 Å². The summed E-state index contributed by atoms with van der Waals surface area (Å²) >= 11 is 0. The van der Waals surface area contributed by atoms with Gasteiger partial charge in [-0.2, -0.15) is 5.10 Å². The fourth-order valence-corrected chi connectivity index (χ4v) is 3.12. The molecule has 0 spiro atoms. The van der Waals surface area contributed by atoms with Gasteiger partial charge in [-0.3, -0.25) is 4.79 Å². The van der Waals surface area contributed by atoms with Gasteiger partial charge in [-0.05, 0) is 76.3 Å². The van der Waals surface area contributed by atoms with Crippen molar-refractivity contribution in [1.29, 1.82) is 0 Å². The number of amides is 1. The van der Waals surface area contributed by atoms with Crippen molar-refractivity contribution in [3.8, 4) is 5.69 Å². The van der Waals surface area contributed by atoms with Crippen LogP contribution in [0.15, 0.2) is 48.5 Å². The molecule has 0 aliphatic rings. The molecule has 0 bridgehead atoms. The Balaban J connectivity index is 1.82. The molecule has 1 heterocycles. The molecule has 0 saturated heterocycles. The lowest BCUT2D eigenvalue weighted by Gasteiger charge is -2.12. The molecule has 2 aromatic carbocycles. The highest BCUT2D eigenvalue weighted by molar-refractivity contribution is 6.03. The summed E-state index contributed by atoms with van der Waals surface area (Å²) in [6.45, 7) is 6.85. The maximum Gasteiger partial charge on any atom is 0.276 e. The van der Waals surface area contributed by atoms with Crippen LogP contribution in [0.2, 0.25) is 0 Å². The molecule has 3 aromatic rings. The van der Waals surface area contributed by atoms with E-state index in [1.165, 1.54) is 5.56 Å². The smallest absolute Gasteiger partial charge is 0.276 e. The van der Waals surface area contributed by atoms with Crippen molar-refractivity contribution in [2.75, 3.05) is 19.4 Å². The predicted octanol–water partition coefficient (Wildman–Crippen LogP) is 4.11. The maximum absolute atomic E-state index is 12.7. The van der Waals surface area contributed by atoms with E-state index in [1.807, 2.05) is 77.3 Å². The summed E-state index contributed by atoms with van der Waals surface area (Å²) in [5.74, 6) is -0.203. The molecular weight excluding hydrogens is 336 g/mol.